The van der Waals surface area contributed by atoms with Crippen molar-refractivity contribution in [1.82, 2.24) is 20.2 Å². The zero-order chi connectivity index (χ0) is 22.0. The van der Waals surface area contributed by atoms with Gasteiger partial charge in [-0.05, 0) is 48.9 Å². The summed E-state index contributed by atoms with van der Waals surface area (Å²) in [6.07, 6.45) is 3.94. The van der Waals surface area contributed by atoms with Crippen molar-refractivity contribution >= 4 is 34.4 Å². The quantitative estimate of drug-likeness (QED) is 0.575. The van der Waals surface area contributed by atoms with E-state index in [1.54, 1.807) is 42.3 Å². The highest BCUT2D eigenvalue weighted by Crippen LogP contribution is 2.21. The molecule has 8 heteroatoms. The minimum Gasteiger partial charge on any atom is -0.382 e. The molecule has 0 saturated carbocycles. The smallest absolute Gasteiger partial charge is 0.254 e. The molecule has 1 aliphatic rings. The number of aromatic amines is 1. The molecule has 0 saturated heterocycles. The zero-order valence-electron chi connectivity index (χ0n) is 17.3. The van der Waals surface area contributed by atoms with Gasteiger partial charge in [0.05, 0.1) is 17.6 Å². The van der Waals surface area contributed by atoms with E-state index in [0.717, 1.165) is 11.1 Å². The van der Waals surface area contributed by atoms with Crippen molar-refractivity contribution in [2.24, 2.45) is 0 Å². The molecule has 3 aromatic rings. The van der Waals surface area contributed by atoms with E-state index in [1.165, 1.54) is 0 Å². The third-order valence-corrected chi connectivity index (χ3v) is 5.49. The molecule has 1 atom stereocenters. The number of fused-ring (bicyclic) bond motifs is 1. The predicted octanol–water partition coefficient (Wildman–Crippen LogP) is 3.65. The fraction of sp³-hybridized carbons (Fsp3) is 0.261. The number of rotatable bonds is 6. The minimum absolute atomic E-state index is 0.0346. The van der Waals surface area contributed by atoms with Gasteiger partial charge in [0.15, 0.2) is 0 Å². The number of hydrogen-bond acceptors (Lipinski definition) is 4. The molecular weight excluding hydrogens is 416 g/mol. The summed E-state index contributed by atoms with van der Waals surface area (Å²) in [4.78, 5) is 35.1. The molecule has 7 nitrogen and oxygen atoms in total. The second kappa shape index (κ2) is 8.91. The van der Waals surface area contributed by atoms with Crippen molar-refractivity contribution in [2.45, 2.75) is 13.0 Å². The highest BCUT2D eigenvalue weighted by Gasteiger charge is 2.22. The number of H-pyrrole nitrogens is 1. The summed E-state index contributed by atoms with van der Waals surface area (Å²) in [7, 11) is 1.57. The molecule has 2 amide bonds. The van der Waals surface area contributed by atoms with E-state index in [2.05, 4.69) is 15.3 Å². The molecule has 0 bridgehead atoms. The molecule has 2 heterocycles. The van der Waals surface area contributed by atoms with Gasteiger partial charge in [0.25, 0.3) is 11.8 Å². The lowest BCUT2D eigenvalue weighted by Crippen LogP contribution is -2.32. The number of methoxy groups -OCH3 is 1. The van der Waals surface area contributed by atoms with Crippen LogP contribution in [0.2, 0.25) is 5.02 Å². The van der Waals surface area contributed by atoms with Crippen LogP contribution in [0.3, 0.4) is 0 Å². The molecule has 2 N–H and O–H groups in total. The summed E-state index contributed by atoms with van der Waals surface area (Å²) in [6.45, 7) is 3.31. The summed E-state index contributed by atoms with van der Waals surface area (Å²) in [5, 5.41) is 3.55. The fourth-order valence-corrected chi connectivity index (χ4v) is 3.79. The van der Waals surface area contributed by atoms with E-state index in [-0.39, 0.29) is 18.4 Å². The molecule has 0 radical (unpaired) electrons. The first-order valence-corrected chi connectivity index (χ1v) is 10.3. The van der Waals surface area contributed by atoms with Crippen molar-refractivity contribution < 1.29 is 14.3 Å². The minimum atomic E-state index is -0.471. The van der Waals surface area contributed by atoms with Crippen LogP contribution >= 0.6 is 11.6 Å². The first-order valence-electron chi connectivity index (χ1n) is 9.96. The molecule has 1 aromatic heterocycles. The van der Waals surface area contributed by atoms with Crippen LogP contribution in [0.5, 0.6) is 0 Å². The fourth-order valence-electron chi connectivity index (χ4n) is 3.62. The van der Waals surface area contributed by atoms with E-state index in [1.807, 2.05) is 25.1 Å². The van der Waals surface area contributed by atoms with Crippen LogP contribution in [0.25, 0.3) is 11.0 Å². The number of aromatic nitrogens is 2. The van der Waals surface area contributed by atoms with Gasteiger partial charge in [0.2, 0.25) is 0 Å². The van der Waals surface area contributed by atoms with E-state index in [4.69, 9.17) is 16.3 Å². The first kappa shape index (κ1) is 21.1. The number of nitrogens with one attached hydrogen (secondary N) is 2. The Morgan fingerprint density at radius 1 is 1.23 bits per heavy atom. The van der Waals surface area contributed by atoms with Gasteiger partial charge in [-0.25, -0.2) is 4.98 Å². The number of amides is 2. The summed E-state index contributed by atoms with van der Waals surface area (Å²) in [5.41, 5.74) is 3.36. The van der Waals surface area contributed by atoms with Crippen molar-refractivity contribution in [3.8, 4) is 0 Å². The van der Waals surface area contributed by atoms with Crippen LogP contribution in [0, 0.1) is 6.92 Å². The van der Waals surface area contributed by atoms with Crippen LogP contribution in [-0.4, -0.2) is 53.5 Å². The largest absolute Gasteiger partial charge is 0.382 e. The normalized spacial score (nSPS) is 14.2. The molecular formula is C23H23ClN4O3. The maximum atomic E-state index is 12.9. The summed E-state index contributed by atoms with van der Waals surface area (Å²) >= 11 is 6.05. The Labute approximate surface area is 185 Å². The number of carbonyl (C=O) groups is 2. The molecule has 160 valence electrons. The Bertz CT molecular complexity index is 1160. The second-order valence-corrected chi connectivity index (χ2v) is 7.91. The highest BCUT2D eigenvalue weighted by atomic mass is 35.5. The zero-order valence-corrected chi connectivity index (χ0v) is 18.1. The monoisotopic (exact) mass is 438 g/mol. The van der Waals surface area contributed by atoms with Crippen molar-refractivity contribution in [3.63, 3.8) is 0 Å². The number of halogens is 1. The summed E-state index contributed by atoms with van der Waals surface area (Å²) in [6, 6.07) is 10.0. The number of carbonyl (C=O) groups excluding carboxylic acids is 2. The molecule has 0 fully saturated rings. The SMILES string of the molecule is COCC(NC(=O)c1ccc(C(=O)N2CC=CC2)c(C)c1)c1nc2cc(Cl)ccc2[nH]1. The molecule has 2 aromatic carbocycles. The number of hydrogen-bond donors (Lipinski definition) is 2. The molecule has 4 rings (SSSR count). The Kier molecular flexibility index (Phi) is 6.06. The van der Waals surface area contributed by atoms with Gasteiger partial charge in [0.1, 0.15) is 11.9 Å². The molecule has 0 aliphatic carbocycles. The van der Waals surface area contributed by atoms with Crippen LogP contribution < -0.4 is 5.32 Å². The lowest BCUT2D eigenvalue weighted by molar-refractivity contribution is 0.0798. The Hall–Kier alpha value is -3.16. The predicted molar refractivity (Wildman–Crippen MR) is 119 cm³/mol. The Balaban J connectivity index is 1.53. The van der Waals surface area contributed by atoms with Crippen LogP contribution in [0.1, 0.15) is 38.1 Å². The maximum absolute atomic E-state index is 12.9. The average Bonchev–Trinajstić information content (AvgIpc) is 3.42. The van der Waals surface area contributed by atoms with Crippen molar-refractivity contribution in [3.05, 3.63) is 76.1 Å². The number of ether oxygens (including phenoxy) is 1. The number of benzene rings is 2. The van der Waals surface area contributed by atoms with Gasteiger partial charge in [-0.3, -0.25) is 9.59 Å². The van der Waals surface area contributed by atoms with E-state index >= 15 is 0 Å². The molecule has 31 heavy (non-hydrogen) atoms. The van der Waals surface area contributed by atoms with Crippen LogP contribution in [0.15, 0.2) is 48.6 Å². The summed E-state index contributed by atoms with van der Waals surface area (Å²) in [5.74, 6) is 0.274. The van der Waals surface area contributed by atoms with Crippen molar-refractivity contribution in [1.29, 1.82) is 0 Å². The third-order valence-electron chi connectivity index (χ3n) is 5.26. The molecule has 0 spiro atoms. The third kappa shape index (κ3) is 4.47. The number of aryl methyl sites for hydroxylation is 1. The second-order valence-electron chi connectivity index (χ2n) is 7.48. The van der Waals surface area contributed by atoms with Crippen molar-refractivity contribution in [2.75, 3.05) is 26.8 Å². The number of imidazole rings is 1. The van der Waals surface area contributed by atoms with Crippen LogP contribution in [0.4, 0.5) is 0 Å². The van der Waals surface area contributed by atoms with Gasteiger partial charge in [-0.1, -0.05) is 23.8 Å². The van der Waals surface area contributed by atoms with E-state index < -0.39 is 6.04 Å². The van der Waals surface area contributed by atoms with E-state index in [9.17, 15) is 9.59 Å². The number of nitrogens with zero attached hydrogens (tertiary/aromatic N) is 2. The lowest BCUT2D eigenvalue weighted by Gasteiger charge is -2.18. The topological polar surface area (TPSA) is 87.3 Å². The highest BCUT2D eigenvalue weighted by molar-refractivity contribution is 6.31. The average molecular weight is 439 g/mol. The van der Waals surface area contributed by atoms with Gasteiger partial charge in [-0.15, -0.1) is 0 Å². The summed E-state index contributed by atoms with van der Waals surface area (Å²) < 4.78 is 5.29. The van der Waals surface area contributed by atoms with E-state index in [0.29, 0.717) is 40.6 Å². The first-order chi connectivity index (χ1) is 15.0. The Morgan fingerprint density at radius 2 is 2.00 bits per heavy atom. The standard InChI is InChI=1S/C23H23ClN4O3/c1-14-11-15(5-7-17(14)23(30)28-9-3-4-10-28)22(29)27-20(13-31-2)21-25-18-8-6-16(24)12-19(18)26-21/h3-8,11-12,20H,9-10,13H2,1-2H3,(H,25,26)(H,27,29). The molecule has 1 aliphatic heterocycles. The van der Waals surface area contributed by atoms with Gasteiger partial charge < -0.3 is 19.9 Å². The van der Waals surface area contributed by atoms with Gasteiger partial charge in [-0.2, -0.15) is 0 Å². The molecule has 1 unspecified atom stereocenters. The lowest BCUT2D eigenvalue weighted by atomic mass is 10.0. The van der Waals surface area contributed by atoms with Gasteiger partial charge in [0, 0.05) is 36.3 Å². The Morgan fingerprint density at radius 3 is 2.71 bits per heavy atom. The maximum Gasteiger partial charge on any atom is 0.254 e. The van der Waals surface area contributed by atoms with Crippen LogP contribution in [-0.2, 0) is 4.74 Å². The van der Waals surface area contributed by atoms with Gasteiger partial charge >= 0.3 is 0 Å².